The molecule has 3 rings (SSSR count). The van der Waals surface area contributed by atoms with Crippen molar-refractivity contribution in [1.82, 2.24) is 14.9 Å². The summed E-state index contributed by atoms with van der Waals surface area (Å²) in [6.45, 7) is 9.74. The molecule has 0 radical (unpaired) electrons. The molecule has 2 unspecified atom stereocenters. The second kappa shape index (κ2) is 8.58. The van der Waals surface area contributed by atoms with E-state index < -0.39 is 21.8 Å². The maximum absolute atomic E-state index is 11.2. The fourth-order valence-corrected chi connectivity index (χ4v) is 9.72. The fraction of sp³-hybridized carbons (Fsp3) is 0.611. The Bertz CT molecular complexity index is 800. The summed E-state index contributed by atoms with van der Waals surface area (Å²) in [6.07, 6.45) is 3.12. The molecule has 1 amide bonds. The number of hydrogen-bond donors (Lipinski definition) is 1. The Labute approximate surface area is 174 Å². The van der Waals surface area contributed by atoms with Gasteiger partial charge in [0.15, 0.2) is 0 Å². The second-order valence-electron chi connectivity index (χ2n) is 7.76. The Hall–Kier alpha value is -0.982. The van der Waals surface area contributed by atoms with Crippen LogP contribution in [0.4, 0.5) is 4.79 Å². The van der Waals surface area contributed by atoms with Crippen LogP contribution in [0.5, 0.6) is 0 Å². The molecule has 2 atom stereocenters. The minimum absolute atomic E-state index is 0.0294. The van der Waals surface area contributed by atoms with Gasteiger partial charge in [-0.15, -0.1) is 0 Å². The molecule has 0 aliphatic carbocycles. The Balaban J connectivity index is 1.58. The van der Waals surface area contributed by atoms with Crippen LogP contribution in [0.2, 0.25) is 4.71 Å². The van der Waals surface area contributed by atoms with E-state index in [-0.39, 0.29) is 5.41 Å². The van der Waals surface area contributed by atoms with Crippen LogP contribution in [-0.4, -0.2) is 54.9 Å². The molecule has 9 heteroatoms. The van der Waals surface area contributed by atoms with Crippen molar-refractivity contribution in [3.63, 3.8) is 0 Å². The van der Waals surface area contributed by atoms with Gasteiger partial charge in [-0.05, 0) is 0 Å². The van der Waals surface area contributed by atoms with Gasteiger partial charge in [0.1, 0.15) is 0 Å². The molecule has 0 spiro atoms. The van der Waals surface area contributed by atoms with Crippen molar-refractivity contribution in [3.8, 4) is 0 Å². The van der Waals surface area contributed by atoms with Gasteiger partial charge in [0, 0.05) is 0 Å². The van der Waals surface area contributed by atoms with Crippen molar-refractivity contribution in [3.05, 3.63) is 23.5 Å². The van der Waals surface area contributed by atoms with Gasteiger partial charge in [-0.3, -0.25) is 0 Å². The first-order chi connectivity index (χ1) is 12.7. The molecule has 148 valence electrons. The number of aryl methyl sites for hydroxylation is 1. The molecule has 2 aromatic heterocycles. The van der Waals surface area contributed by atoms with Crippen LogP contribution in [0.1, 0.15) is 51.0 Å². The maximum atomic E-state index is 11.2. The van der Waals surface area contributed by atoms with Crippen LogP contribution in [0.25, 0.3) is 0 Å². The van der Waals surface area contributed by atoms with E-state index in [0.29, 0.717) is 23.5 Å². The summed E-state index contributed by atoms with van der Waals surface area (Å²) in [6, 6.07) is 0. The zero-order chi connectivity index (χ0) is 19.6. The monoisotopic (exact) mass is 471 g/mol. The normalized spacial score (nSPS) is 18.5. The van der Waals surface area contributed by atoms with Crippen LogP contribution in [0, 0.1) is 6.92 Å². The van der Waals surface area contributed by atoms with E-state index in [4.69, 9.17) is 9.40 Å². The molecule has 6 nitrogen and oxygen atoms in total. The minimum atomic E-state index is -0.793. The average molecular weight is 471 g/mol. The zero-order valence-corrected chi connectivity index (χ0v) is 19.8. The van der Waals surface area contributed by atoms with Crippen molar-refractivity contribution < 1.29 is 14.3 Å². The SMILES string of the molecule is Cc1nc([AsH]C2CCCN(C(=O)O)C2)sc1SCc1ncc(C(C)(C)C)o1. The summed E-state index contributed by atoms with van der Waals surface area (Å²) < 4.78 is 8.79. The number of carbonyl (C=O) groups is 1. The topological polar surface area (TPSA) is 79.5 Å². The number of likely N-dealkylation sites (tertiary alicyclic amines) is 1. The van der Waals surface area contributed by atoms with Gasteiger partial charge < -0.3 is 0 Å². The number of thioether (sulfide) groups is 1. The van der Waals surface area contributed by atoms with Crippen molar-refractivity contribution in [2.24, 2.45) is 0 Å². The zero-order valence-electron chi connectivity index (χ0n) is 16.1. The van der Waals surface area contributed by atoms with E-state index in [0.717, 1.165) is 30.2 Å². The predicted octanol–water partition coefficient (Wildman–Crippen LogP) is 3.65. The Morgan fingerprint density at radius 2 is 2.30 bits per heavy atom. The van der Waals surface area contributed by atoms with Crippen molar-refractivity contribution >= 4 is 48.7 Å². The number of aromatic nitrogens is 2. The van der Waals surface area contributed by atoms with Gasteiger partial charge in [0.25, 0.3) is 0 Å². The standard InChI is InChI=1S/C18H26AsN3O3S2/c1-11-15(26-10-14-20-8-13(25-14)18(2,3)4)27-16(21-11)19-12-6-5-7-22(9-12)17(23)24/h8,12,19H,5-7,9-10H2,1-4H3,(H,23,24). The summed E-state index contributed by atoms with van der Waals surface area (Å²) in [4.78, 5) is 21.9. The van der Waals surface area contributed by atoms with Crippen molar-refractivity contribution in [1.29, 1.82) is 0 Å². The number of thiazole rings is 1. The van der Waals surface area contributed by atoms with Crippen molar-refractivity contribution in [2.75, 3.05) is 13.1 Å². The fourth-order valence-electron chi connectivity index (χ4n) is 2.87. The number of piperidine rings is 1. The third-order valence-corrected chi connectivity index (χ3v) is 10.6. The quantitative estimate of drug-likeness (QED) is 0.530. The first-order valence-electron chi connectivity index (χ1n) is 9.02. The Morgan fingerprint density at radius 3 is 2.96 bits per heavy atom. The van der Waals surface area contributed by atoms with Gasteiger partial charge >= 0.3 is 175 Å². The van der Waals surface area contributed by atoms with E-state index >= 15 is 0 Å². The molecular weight excluding hydrogens is 445 g/mol. The number of hydrogen-bond acceptors (Lipinski definition) is 6. The molecule has 0 bridgehead atoms. The first-order valence-corrected chi connectivity index (χ1v) is 13.1. The Kier molecular flexibility index (Phi) is 6.59. The summed E-state index contributed by atoms with van der Waals surface area (Å²) >= 11 is 3.07. The molecule has 1 saturated heterocycles. The number of carboxylic acid groups (broad SMARTS) is 1. The second-order valence-corrected chi connectivity index (χ2v) is 14.1. The van der Waals surface area contributed by atoms with E-state index in [1.54, 1.807) is 28.0 Å². The molecule has 2 aromatic rings. The Morgan fingerprint density at radius 1 is 1.52 bits per heavy atom. The number of rotatable bonds is 5. The van der Waals surface area contributed by atoms with E-state index in [1.165, 1.54) is 8.00 Å². The summed E-state index contributed by atoms with van der Waals surface area (Å²) in [5.74, 6) is 2.36. The number of amides is 1. The molecular formula is C18H26AsN3O3S2. The number of oxazole rings is 1. The van der Waals surface area contributed by atoms with Crippen molar-refractivity contribution in [2.45, 2.75) is 60.6 Å². The van der Waals surface area contributed by atoms with Crippen LogP contribution in [0.15, 0.2) is 14.8 Å². The molecule has 3 heterocycles. The van der Waals surface area contributed by atoms with Gasteiger partial charge in [-0.1, -0.05) is 0 Å². The van der Waals surface area contributed by atoms with E-state index in [2.05, 4.69) is 32.7 Å². The van der Waals surface area contributed by atoms with Gasteiger partial charge in [0.05, 0.1) is 0 Å². The van der Waals surface area contributed by atoms with Gasteiger partial charge in [0.2, 0.25) is 0 Å². The van der Waals surface area contributed by atoms with E-state index in [1.807, 2.05) is 6.20 Å². The molecule has 0 saturated carbocycles. The summed E-state index contributed by atoms with van der Waals surface area (Å²) in [7, 11) is 0. The van der Waals surface area contributed by atoms with Gasteiger partial charge in [-0.25, -0.2) is 0 Å². The third-order valence-electron chi connectivity index (χ3n) is 4.39. The number of nitrogens with zero attached hydrogens (tertiary/aromatic N) is 3. The predicted molar refractivity (Wildman–Crippen MR) is 111 cm³/mol. The van der Waals surface area contributed by atoms with Gasteiger partial charge in [-0.2, -0.15) is 0 Å². The van der Waals surface area contributed by atoms with Crippen LogP contribution in [0.3, 0.4) is 0 Å². The van der Waals surface area contributed by atoms with Crippen LogP contribution < -0.4 is 3.80 Å². The molecule has 1 aliphatic rings. The average Bonchev–Trinajstić information content (AvgIpc) is 3.20. The summed E-state index contributed by atoms with van der Waals surface area (Å²) in [5, 5.41) is 9.21. The molecule has 1 fully saturated rings. The van der Waals surface area contributed by atoms with E-state index in [9.17, 15) is 9.90 Å². The summed E-state index contributed by atoms with van der Waals surface area (Å²) in [5.41, 5.74) is 1.04. The first kappa shape index (κ1) is 20.7. The molecule has 1 aliphatic heterocycles. The molecule has 1 N–H and O–H groups in total. The molecule has 0 aromatic carbocycles. The third kappa shape index (κ3) is 5.52. The molecule has 27 heavy (non-hydrogen) atoms. The van der Waals surface area contributed by atoms with Crippen LogP contribution in [-0.2, 0) is 11.2 Å². The van der Waals surface area contributed by atoms with Crippen LogP contribution >= 0.6 is 23.1 Å².